The Bertz CT molecular complexity index is 258. The smallest absolute Gasteiger partial charge is 0.321 e. The maximum atomic E-state index is 11.8. The monoisotopic (exact) mass is 241 g/mol. The Hall–Kier alpha value is -1.10. The van der Waals surface area contributed by atoms with Crippen molar-refractivity contribution in [2.45, 2.75) is 45.6 Å². The molecule has 1 heterocycles. The van der Waals surface area contributed by atoms with E-state index in [1.165, 1.54) is 0 Å². The highest BCUT2D eigenvalue weighted by Gasteiger charge is 2.22. The summed E-state index contributed by atoms with van der Waals surface area (Å²) in [6, 6.07) is -0.210. The molecule has 0 spiro atoms. The minimum atomic E-state index is -0.359. The number of piperidine rings is 1. The molecule has 0 aromatic heterocycles. The molecule has 0 bridgehead atoms. The molecule has 3 N–H and O–H groups in total. The van der Waals surface area contributed by atoms with E-state index >= 15 is 0 Å². The summed E-state index contributed by atoms with van der Waals surface area (Å²) in [5.41, 5.74) is 0. The van der Waals surface area contributed by atoms with Gasteiger partial charge < -0.3 is 10.6 Å². The highest BCUT2D eigenvalue weighted by Crippen LogP contribution is 2.11. The first-order valence-electron chi connectivity index (χ1n) is 6.49. The number of nitrogens with one attached hydrogen (secondary N) is 3. The van der Waals surface area contributed by atoms with Crippen molar-refractivity contribution in [3.05, 3.63) is 0 Å². The summed E-state index contributed by atoms with van der Waals surface area (Å²) in [6.07, 6.45) is 3.38. The molecule has 1 fully saturated rings. The number of imide groups is 1. The number of carbonyl (C=O) groups is 2. The molecule has 0 radical (unpaired) electrons. The average molecular weight is 241 g/mol. The van der Waals surface area contributed by atoms with Crippen LogP contribution in [-0.2, 0) is 4.79 Å². The summed E-state index contributed by atoms with van der Waals surface area (Å²) in [5.74, 6) is -0.168. The molecule has 98 valence electrons. The Kier molecular flexibility index (Phi) is 5.97. The van der Waals surface area contributed by atoms with Gasteiger partial charge in [0.1, 0.15) is 0 Å². The standard InChI is InChI=1S/C12H23N3O2/c1-3-10(4-2)14-12(17)15-11(16)9-5-7-13-8-6-9/h9-10,13H,3-8H2,1-2H3,(H2,14,15,16,17). The Morgan fingerprint density at radius 2 is 1.82 bits per heavy atom. The van der Waals surface area contributed by atoms with Gasteiger partial charge in [-0.05, 0) is 38.8 Å². The summed E-state index contributed by atoms with van der Waals surface area (Å²) >= 11 is 0. The van der Waals surface area contributed by atoms with Gasteiger partial charge in [0, 0.05) is 12.0 Å². The van der Waals surface area contributed by atoms with Crippen molar-refractivity contribution in [2.24, 2.45) is 5.92 Å². The van der Waals surface area contributed by atoms with Crippen LogP contribution < -0.4 is 16.0 Å². The summed E-state index contributed by atoms with van der Waals surface area (Å²) in [6.45, 7) is 5.74. The second kappa shape index (κ2) is 7.27. The minimum absolute atomic E-state index is 0.0243. The number of carbonyl (C=O) groups excluding carboxylic acids is 2. The van der Waals surface area contributed by atoms with E-state index in [1.807, 2.05) is 13.8 Å². The highest BCUT2D eigenvalue weighted by atomic mass is 16.2. The molecule has 1 rings (SSSR count). The van der Waals surface area contributed by atoms with Crippen molar-refractivity contribution in [3.8, 4) is 0 Å². The number of rotatable bonds is 4. The van der Waals surface area contributed by atoms with E-state index in [1.54, 1.807) is 0 Å². The summed E-state index contributed by atoms with van der Waals surface area (Å²) in [7, 11) is 0. The Morgan fingerprint density at radius 1 is 1.24 bits per heavy atom. The third-order valence-electron chi connectivity index (χ3n) is 3.27. The van der Waals surface area contributed by atoms with Crippen LogP contribution in [-0.4, -0.2) is 31.1 Å². The molecule has 0 saturated carbocycles. The van der Waals surface area contributed by atoms with E-state index in [9.17, 15) is 9.59 Å². The molecule has 1 aliphatic heterocycles. The zero-order valence-corrected chi connectivity index (χ0v) is 10.7. The van der Waals surface area contributed by atoms with E-state index < -0.39 is 0 Å². The fourth-order valence-electron chi connectivity index (χ4n) is 2.01. The van der Waals surface area contributed by atoms with Crippen molar-refractivity contribution in [3.63, 3.8) is 0 Å². The van der Waals surface area contributed by atoms with E-state index in [-0.39, 0.29) is 23.9 Å². The first-order valence-corrected chi connectivity index (χ1v) is 6.49. The van der Waals surface area contributed by atoms with Crippen LogP contribution in [0.3, 0.4) is 0 Å². The van der Waals surface area contributed by atoms with Crippen LogP contribution in [0.2, 0.25) is 0 Å². The van der Waals surface area contributed by atoms with Crippen molar-refractivity contribution >= 4 is 11.9 Å². The SMILES string of the molecule is CCC(CC)NC(=O)NC(=O)C1CCNCC1. The van der Waals surface area contributed by atoms with Gasteiger partial charge in [-0.3, -0.25) is 10.1 Å². The molecule has 1 aliphatic rings. The third kappa shape index (κ3) is 4.73. The lowest BCUT2D eigenvalue weighted by Gasteiger charge is -2.22. The van der Waals surface area contributed by atoms with Gasteiger partial charge in [-0.15, -0.1) is 0 Å². The molecule has 0 atom stereocenters. The normalized spacial score (nSPS) is 16.9. The van der Waals surface area contributed by atoms with Crippen molar-refractivity contribution in [1.82, 2.24) is 16.0 Å². The number of amides is 3. The molecule has 3 amide bonds. The predicted octanol–water partition coefficient (Wildman–Crippen LogP) is 1.00. The average Bonchev–Trinajstić information content (AvgIpc) is 2.37. The molecule has 17 heavy (non-hydrogen) atoms. The van der Waals surface area contributed by atoms with Gasteiger partial charge in [-0.1, -0.05) is 13.8 Å². The lowest BCUT2D eigenvalue weighted by atomic mass is 9.97. The minimum Gasteiger partial charge on any atom is -0.335 e. The lowest BCUT2D eigenvalue weighted by Crippen LogP contribution is -2.47. The first-order chi connectivity index (χ1) is 8.17. The lowest BCUT2D eigenvalue weighted by molar-refractivity contribution is -0.124. The highest BCUT2D eigenvalue weighted by molar-refractivity contribution is 5.95. The topological polar surface area (TPSA) is 70.2 Å². The molecule has 0 aromatic carbocycles. The van der Waals surface area contributed by atoms with Gasteiger partial charge in [0.15, 0.2) is 0 Å². The maximum Gasteiger partial charge on any atom is 0.321 e. The zero-order valence-electron chi connectivity index (χ0n) is 10.7. The largest absolute Gasteiger partial charge is 0.335 e. The quantitative estimate of drug-likeness (QED) is 0.687. The van der Waals surface area contributed by atoms with Crippen molar-refractivity contribution < 1.29 is 9.59 Å². The molecule has 0 aliphatic carbocycles. The van der Waals surface area contributed by atoms with Crippen LogP contribution in [0.5, 0.6) is 0 Å². The molecule has 5 nitrogen and oxygen atoms in total. The van der Waals surface area contributed by atoms with E-state index in [0.717, 1.165) is 38.8 Å². The summed E-state index contributed by atoms with van der Waals surface area (Å²) < 4.78 is 0. The fraction of sp³-hybridized carbons (Fsp3) is 0.833. The first kappa shape index (κ1) is 14.0. The maximum absolute atomic E-state index is 11.8. The summed E-state index contributed by atoms with van der Waals surface area (Å²) in [5, 5.41) is 8.42. The van der Waals surface area contributed by atoms with Crippen molar-refractivity contribution in [2.75, 3.05) is 13.1 Å². The van der Waals surface area contributed by atoms with Crippen LogP contribution in [0.1, 0.15) is 39.5 Å². The third-order valence-corrected chi connectivity index (χ3v) is 3.27. The van der Waals surface area contributed by atoms with Gasteiger partial charge in [0.25, 0.3) is 0 Å². The molecule has 0 unspecified atom stereocenters. The molecular formula is C12H23N3O2. The Labute approximate surface area is 103 Å². The van der Waals surface area contributed by atoms with E-state index in [4.69, 9.17) is 0 Å². The van der Waals surface area contributed by atoms with Crippen LogP contribution >= 0.6 is 0 Å². The van der Waals surface area contributed by atoms with Crippen LogP contribution in [0.15, 0.2) is 0 Å². The van der Waals surface area contributed by atoms with Crippen LogP contribution in [0, 0.1) is 5.92 Å². The van der Waals surface area contributed by atoms with Gasteiger partial charge in [0.05, 0.1) is 0 Å². The fourth-order valence-corrected chi connectivity index (χ4v) is 2.01. The summed E-state index contributed by atoms with van der Waals surface area (Å²) in [4.78, 5) is 23.3. The van der Waals surface area contributed by atoms with E-state index in [0.29, 0.717) is 0 Å². The predicted molar refractivity (Wildman–Crippen MR) is 66.6 cm³/mol. The molecular weight excluding hydrogens is 218 g/mol. The molecule has 0 aromatic rings. The Balaban J connectivity index is 2.31. The van der Waals surface area contributed by atoms with Gasteiger partial charge in [-0.25, -0.2) is 4.79 Å². The Morgan fingerprint density at radius 3 is 2.35 bits per heavy atom. The van der Waals surface area contributed by atoms with Crippen LogP contribution in [0.25, 0.3) is 0 Å². The van der Waals surface area contributed by atoms with Gasteiger partial charge in [0.2, 0.25) is 5.91 Å². The van der Waals surface area contributed by atoms with Gasteiger partial charge in [-0.2, -0.15) is 0 Å². The number of urea groups is 1. The number of hydrogen-bond acceptors (Lipinski definition) is 3. The zero-order chi connectivity index (χ0) is 12.7. The van der Waals surface area contributed by atoms with E-state index in [2.05, 4.69) is 16.0 Å². The molecule has 1 saturated heterocycles. The second-order valence-corrected chi connectivity index (χ2v) is 4.50. The second-order valence-electron chi connectivity index (χ2n) is 4.50. The van der Waals surface area contributed by atoms with Crippen LogP contribution in [0.4, 0.5) is 4.79 Å². The molecule has 5 heteroatoms. The van der Waals surface area contributed by atoms with Crippen molar-refractivity contribution in [1.29, 1.82) is 0 Å². The number of hydrogen-bond donors (Lipinski definition) is 3. The van der Waals surface area contributed by atoms with Gasteiger partial charge >= 0.3 is 6.03 Å².